The van der Waals surface area contributed by atoms with Gasteiger partial charge in [-0.2, -0.15) is 0 Å². The fourth-order valence-corrected chi connectivity index (χ4v) is 4.28. The molecular formula is C21H25N3O4S. The maximum atomic E-state index is 12.5. The Morgan fingerprint density at radius 3 is 2.66 bits per heavy atom. The summed E-state index contributed by atoms with van der Waals surface area (Å²) in [6.45, 7) is 4.31. The normalized spacial score (nSPS) is 16.5. The Kier molecular flexibility index (Phi) is 6.64. The van der Waals surface area contributed by atoms with Crippen molar-refractivity contribution in [3.05, 3.63) is 40.4 Å². The standard InChI is InChI=1S/C21H25N3O4S/c1-3-14-6-8-15(9-7-14)20-23-13(2)18(29-20)21(27)28-12-17(25)24-10-4-5-16(11-24)19(22)26/h6-9,16H,3-5,10-12H2,1-2H3,(H2,22,26)/t16-/m0/s1. The van der Waals surface area contributed by atoms with Crippen molar-refractivity contribution in [1.29, 1.82) is 0 Å². The monoisotopic (exact) mass is 415 g/mol. The van der Waals surface area contributed by atoms with Gasteiger partial charge in [0.1, 0.15) is 9.88 Å². The van der Waals surface area contributed by atoms with Crippen molar-refractivity contribution in [2.24, 2.45) is 11.7 Å². The number of aryl methyl sites for hydroxylation is 2. The number of ether oxygens (including phenoxy) is 1. The van der Waals surface area contributed by atoms with Gasteiger partial charge in [0.2, 0.25) is 5.91 Å². The lowest BCUT2D eigenvalue weighted by Gasteiger charge is -2.30. The van der Waals surface area contributed by atoms with E-state index in [1.807, 2.05) is 24.3 Å². The summed E-state index contributed by atoms with van der Waals surface area (Å²) in [4.78, 5) is 42.6. The molecule has 0 saturated carbocycles. The first-order chi connectivity index (χ1) is 13.9. The van der Waals surface area contributed by atoms with Gasteiger partial charge in [0.25, 0.3) is 5.91 Å². The third kappa shape index (κ3) is 5.00. The van der Waals surface area contributed by atoms with Crippen LogP contribution in [0.4, 0.5) is 0 Å². The molecule has 0 radical (unpaired) electrons. The lowest BCUT2D eigenvalue weighted by Crippen LogP contribution is -2.45. The second-order valence-electron chi connectivity index (χ2n) is 7.14. The number of likely N-dealkylation sites (tertiary alicyclic amines) is 1. The number of thiazole rings is 1. The Morgan fingerprint density at radius 2 is 2.00 bits per heavy atom. The average Bonchev–Trinajstić information content (AvgIpc) is 3.13. The van der Waals surface area contributed by atoms with Gasteiger partial charge >= 0.3 is 5.97 Å². The second-order valence-corrected chi connectivity index (χ2v) is 8.14. The fraction of sp³-hybridized carbons (Fsp3) is 0.429. The number of benzene rings is 1. The smallest absolute Gasteiger partial charge is 0.350 e. The van der Waals surface area contributed by atoms with Crippen LogP contribution in [0.5, 0.6) is 0 Å². The fourth-order valence-electron chi connectivity index (χ4n) is 3.31. The Balaban J connectivity index is 1.61. The zero-order valence-corrected chi connectivity index (χ0v) is 17.5. The first kappa shape index (κ1) is 21.0. The summed E-state index contributed by atoms with van der Waals surface area (Å²) >= 11 is 1.25. The number of hydrogen-bond donors (Lipinski definition) is 1. The summed E-state index contributed by atoms with van der Waals surface area (Å²) < 4.78 is 5.23. The van der Waals surface area contributed by atoms with E-state index in [1.165, 1.54) is 21.8 Å². The predicted molar refractivity (Wildman–Crippen MR) is 110 cm³/mol. The molecular weight excluding hydrogens is 390 g/mol. The molecule has 0 aliphatic carbocycles. The highest BCUT2D eigenvalue weighted by molar-refractivity contribution is 7.17. The SMILES string of the molecule is CCc1ccc(-c2nc(C)c(C(=O)OCC(=O)N3CCC[C@H](C(N)=O)C3)s2)cc1. The van der Waals surface area contributed by atoms with Crippen LogP contribution in [-0.2, 0) is 20.7 Å². The number of carbonyl (C=O) groups is 3. The van der Waals surface area contributed by atoms with E-state index < -0.39 is 11.9 Å². The maximum Gasteiger partial charge on any atom is 0.350 e. The molecule has 2 amide bonds. The van der Waals surface area contributed by atoms with Gasteiger partial charge in [-0.05, 0) is 31.7 Å². The van der Waals surface area contributed by atoms with Crippen molar-refractivity contribution in [2.75, 3.05) is 19.7 Å². The highest BCUT2D eigenvalue weighted by Gasteiger charge is 2.28. The van der Waals surface area contributed by atoms with Gasteiger partial charge < -0.3 is 15.4 Å². The van der Waals surface area contributed by atoms with E-state index >= 15 is 0 Å². The molecule has 1 aromatic carbocycles. The molecule has 0 spiro atoms. The van der Waals surface area contributed by atoms with Crippen molar-refractivity contribution in [2.45, 2.75) is 33.1 Å². The molecule has 2 aromatic rings. The zero-order valence-electron chi connectivity index (χ0n) is 16.6. The number of rotatable bonds is 6. The van der Waals surface area contributed by atoms with Crippen molar-refractivity contribution in [1.82, 2.24) is 9.88 Å². The highest BCUT2D eigenvalue weighted by Crippen LogP contribution is 2.28. The van der Waals surface area contributed by atoms with Gasteiger partial charge in [-0.1, -0.05) is 31.2 Å². The van der Waals surface area contributed by atoms with Gasteiger partial charge in [-0.15, -0.1) is 11.3 Å². The lowest BCUT2D eigenvalue weighted by atomic mass is 9.97. The van der Waals surface area contributed by atoms with E-state index in [0.29, 0.717) is 30.0 Å². The summed E-state index contributed by atoms with van der Waals surface area (Å²) in [6, 6.07) is 8.06. The summed E-state index contributed by atoms with van der Waals surface area (Å²) in [5.74, 6) is -1.62. The van der Waals surface area contributed by atoms with Crippen LogP contribution >= 0.6 is 11.3 Å². The first-order valence-electron chi connectivity index (χ1n) is 9.70. The van der Waals surface area contributed by atoms with E-state index in [-0.39, 0.29) is 25.0 Å². The minimum Gasteiger partial charge on any atom is -0.451 e. The van der Waals surface area contributed by atoms with Crippen LogP contribution in [0.25, 0.3) is 10.6 Å². The van der Waals surface area contributed by atoms with Crippen molar-refractivity contribution in [3.63, 3.8) is 0 Å². The third-order valence-corrected chi connectivity index (χ3v) is 6.28. The van der Waals surface area contributed by atoms with E-state index in [2.05, 4.69) is 11.9 Å². The van der Waals surface area contributed by atoms with Crippen LogP contribution in [0.2, 0.25) is 0 Å². The van der Waals surface area contributed by atoms with Gasteiger partial charge in [-0.25, -0.2) is 9.78 Å². The number of esters is 1. The Bertz CT molecular complexity index is 907. The molecule has 1 aromatic heterocycles. The third-order valence-electron chi connectivity index (χ3n) is 5.09. The van der Waals surface area contributed by atoms with Crippen LogP contribution in [-0.4, -0.2) is 47.4 Å². The number of piperidine rings is 1. The molecule has 8 heteroatoms. The number of carbonyl (C=O) groups excluding carboxylic acids is 3. The van der Waals surface area contributed by atoms with Gasteiger partial charge in [0.15, 0.2) is 6.61 Å². The zero-order chi connectivity index (χ0) is 21.0. The molecule has 3 rings (SSSR count). The molecule has 1 aliphatic rings. The minimum absolute atomic E-state index is 0.281. The minimum atomic E-state index is -0.562. The van der Waals surface area contributed by atoms with Crippen LogP contribution in [0.1, 0.15) is 40.7 Å². The summed E-state index contributed by atoms with van der Waals surface area (Å²) in [7, 11) is 0. The Hall–Kier alpha value is -2.74. The number of amides is 2. The maximum absolute atomic E-state index is 12.5. The van der Waals surface area contributed by atoms with Crippen LogP contribution in [0.3, 0.4) is 0 Å². The molecule has 2 heterocycles. The topological polar surface area (TPSA) is 103 Å². The van der Waals surface area contributed by atoms with E-state index in [4.69, 9.17) is 10.5 Å². The molecule has 1 aliphatic heterocycles. The van der Waals surface area contributed by atoms with Gasteiger partial charge in [0, 0.05) is 18.7 Å². The first-order valence-corrected chi connectivity index (χ1v) is 10.5. The second kappa shape index (κ2) is 9.17. The molecule has 1 fully saturated rings. The molecule has 0 unspecified atom stereocenters. The molecule has 29 heavy (non-hydrogen) atoms. The molecule has 0 bridgehead atoms. The number of hydrogen-bond acceptors (Lipinski definition) is 6. The number of primary amides is 1. The van der Waals surface area contributed by atoms with E-state index in [0.717, 1.165) is 17.0 Å². The Morgan fingerprint density at radius 1 is 1.28 bits per heavy atom. The lowest BCUT2D eigenvalue weighted by molar-refractivity contribution is -0.137. The van der Waals surface area contributed by atoms with Crippen LogP contribution in [0.15, 0.2) is 24.3 Å². The van der Waals surface area contributed by atoms with Gasteiger partial charge in [0.05, 0.1) is 11.6 Å². The molecule has 7 nitrogen and oxygen atoms in total. The average molecular weight is 416 g/mol. The van der Waals surface area contributed by atoms with E-state index in [1.54, 1.807) is 6.92 Å². The van der Waals surface area contributed by atoms with Crippen LogP contribution in [0, 0.1) is 12.8 Å². The Labute approximate surface area is 173 Å². The van der Waals surface area contributed by atoms with Crippen molar-refractivity contribution < 1.29 is 19.1 Å². The van der Waals surface area contributed by atoms with Gasteiger partial charge in [-0.3, -0.25) is 9.59 Å². The quantitative estimate of drug-likeness (QED) is 0.731. The number of nitrogens with zero attached hydrogens (tertiary/aromatic N) is 2. The number of nitrogens with two attached hydrogens (primary N) is 1. The molecule has 154 valence electrons. The highest BCUT2D eigenvalue weighted by atomic mass is 32.1. The molecule has 1 atom stereocenters. The largest absolute Gasteiger partial charge is 0.451 e. The van der Waals surface area contributed by atoms with Crippen molar-refractivity contribution >= 4 is 29.1 Å². The van der Waals surface area contributed by atoms with E-state index in [9.17, 15) is 14.4 Å². The number of aromatic nitrogens is 1. The summed E-state index contributed by atoms with van der Waals surface area (Å²) in [5, 5.41) is 0.740. The summed E-state index contributed by atoms with van der Waals surface area (Å²) in [5.41, 5.74) is 8.09. The summed E-state index contributed by atoms with van der Waals surface area (Å²) in [6.07, 6.45) is 2.35. The molecule has 1 saturated heterocycles. The predicted octanol–water partition coefficient (Wildman–Crippen LogP) is 2.56. The molecule has 2 N–H and O–H groups in total. The van der Waals surface area contributed by atoms with Crippen molar-refractivity contribution in [3.8, 4) is 10.6 Å². The van der Waals surface area contributed by atoms with Crippen LogP contribution < -0.4 is 5.73 Å².